The second-order valence-electron chi connectivity index (χ2n) is 4.24. The topological polar surface area (TPSA) is 116 Å². The summed E-state index contributed by atoms with van der Waals surface area (Å²) in [4.78, 5) is 13.9. The summed E-state index contributed by atoms with van der Waals surface area (Å²) in [6.07, 6.45) is 0. The van der Waals surface area contributed by atoms with Crippen molar-refractivity contribution in [3.63, 3.8) is 0 Å². The third-order valence-electron chi connectivity index (χ3n) is 2.90. The van der Waals surface area contributed by atoms with Gasteiger partial charge in [0.1, 0.15) is 40.6 Å². The summed E-state index contributed by atoms with van der Waals surface area (Å²) in [5.41, 5.74) is 2.85. The molecule has 3 N–H and O–H groups in total. The molecule has 1 aromatic carbocycles. The van der Waals surface area contributed by atoms with Gasteiger partial charge in [-0.2, -0.15) is 19.3 Å². The van der Waals surface area contributed by atoms with E-state index < -0.39 is 34.9 Å². The number of rotatable bonds is 3. The van der Waals surface area contributed by atoms with Crippen molar-refractivity contribution < 1.29 is 17.9 Å². The molecule has 0 fully saturated rings. The highest BCUT2D eigenvalue weighted by atomic mass is 19.3. The lowest BCUT2D eigenvalue weighted by Gasteiger charge is -2.11. The maximum Gasteiger partial charge on any atom is 0.387 e. The average Bonchev–Trinajstić information content (AvgIpc) is 2.48. The van der Waals surface area contributed by atoms with E-state index in [1.807, 2.05) is 0 Å². The summed E-state index contributed by atoms with van der Waals surface area (Å²) in [6, 6.07) is 5.81. The Kier molecular flexibility index (Phi) is 4.23. The Bertz CT molecular complexity index is 910. The van der Waals surface area contributed by atoms with Crippen LogP contribution in [-0.2, 0) is 0 Å². The lowest BCUT2D eigenvalue weighted by Crippen LogP contribution is -2.16. The number of aromatic amines is 1. The van der Waals surface area contributed by atoms with E-state index in [1.54, 1.807) is 12.1 Å². The van der Waals surface area contributed by atoms with Gasteiger partial charge in [0.05, 0.1) is 0 Å². The van der Waals surface area contributed by atoms with Crippen molar-refractivity contribution in [3.05, 3.63) is 45.5 Å². The van der Waals surface area contributed by atoms with Gasteiger partial charge in [0.15, 0.2) is 0 Å². The molecule has 116 valence electrons. The second kappa shape index (κ2) is 6.12. The van der Waals surface area contributed by atoms with Crippen LogP contribution < -0.4 is 16.0 Å². The fourth-order valence-electron chi connectivity index (χ4n) is 1.98. The van der Waals surface area contributed by atoms with Crippen molar-refractivity contribution in [1.82, 2.24) is 4.98 Å². The fraction of sp³-hybridized carbons (Fsp3) is 0.0714. The number of aromatic nitrogens is 1. The third-order valence-corrected chi connectivity index (χ3v) is 2.90. The van der Waals surface area contributed by atoms with Crippen molar-refractivity contribution in [3.8, 4) is 29.0 Å². The number of halogens is 3. The molecule has 0 saturated heterocycles. The predicted molar refractivity (Wildman–Crippen MR) is 72.9 cm³/mol. The van der Waals surface area contributed by atoms with E-state index in [0.717, 1.165) is 18.2 Å². The molecule has 9 heteroatoms. The smallest absolute Gasteiger partial charge is 0.387 e. The Morgan fingerprint density at radius 1 is 1.22 bits per heavy atom. The first kappa shape index (κ1) is 15.9. The van der Waals surface area contributed by atoms with Crippen LogP contribution in [0.3, 0.4) is 0 Å². The summed E-state index contributed by atoms with van der Waals surface area (Å²) in [7, 11) is 0. The number of nitrogens with one attached hydrogen (secondary N) is 1. The second-order valence-corrected chi connectivity index (χ2v) is 4.24. The summed E-state index contributed by atoms with van der Waals surface area (Å²) in [6.45, 7) is -3.15. The molecule has 0 radical (unpaired) electrons. The number of hydrogen-bond acceptors (Lipinski definition) is 5. The zero-order chi connectivity index (χ0) is 17.1. The number of nitrogens with zero attached hydrogens (tertiary/aromatic N) is 2. The van der Waals surface area contributed by atoms with E-state index in [4.69, 9.17) is 16.3 Å². The number of nitriles is 2. The van der Waals surface area contributed by atoms with E-state index in [2.05, 4.69) is 9.72 Å². The minimum Gasteiger partial charge on any atom is -0.435 e. The van der Waals surface area contributed by atoms with E-state index in [1.165, 1.54) is 0 Å². The minimum absolute atomic E-state index is 0.353. The molecule has 0 atom stereocenters. The highest BCUT2D eigenvalue weighted by Crippen LogP contribution is 2.33. The van der Waals surface area contributed by atoms with Gasteiger partial charge in [-0.3, -0.25) is 4.79 Å². The van der Waals surface area contributed by atoms with Crippen LogP contribution in [0.4, 0.5) is 19.0 Å². The average molecular weight is 320 g/mol. The number of nitrogens with two attached hydrogens (primary N) is 1. The maximum atomic E-state index is 14.1. The van der Waals surface area contributed by atoms with Crippen molar-refractivity contribution in [2.45, 2.75) is 6.61 Å². The Hall–Kier alpha value is -3.46. The van der Waals surface area contributed by atoms with Gasteiger partial charge in [0.25, 0.3) is 5.56 Å². The van der Waals surface area contributed by atoms with E-state index in [0.29, 0.717) is 0 Å². The van der Waals surface area contributed by atoms with Gasteiger partial charge in [-0.25, -0.2) is 4.39 Å². The van der Waals surface area contributed by atoms with Gasteiger partial charge in [0, 0.05) is 11.1 Å². The Morgan fingerprint density at radius 2 is 1.87 bits per heavy atom. The molecule has 0 saturated carbocycles. The van der Waals surface area contributed by atoms with Crippen molar-refractivity contribution in [1.29, 1.82) is 10.5 Å². The highest BCUT2D eigenvalue weighted by molar-refractivity contribution is 5.81. The molecule has 0 bridgehead atoms. The molecule has 0 unspecified atom stereocenters. The molecular formula is C14H7F3N4O2. The van der Waals surface area contributed by atoms with Crippen LogP contribution in [-0.4, -0.2) is 11.6 Å². The lowest BCUT2D eigenvalue weighted by atomic mass is 9.96. The zero-order valence-corrected chi connectivity index (χ0v) is 11.2. The molecule has 0 aliphatic rings. The van der Waals surface area contributed by atoms with Gasteiger partial charge in [-0.15, -0.1) is 0 Å². The van der Waals surface area contributed by atoms with Gasteiger partial charge >= 0.3 is 6.61 Å². The number of H-pyrrole nitrogens is 1. The maximum absolute atomic E-state index is 14.1. The SMILES string of the molecule is N#Cc1c(N)[nH]c(=O)c(C#N)c1-c1cc(OC(F)F)ccc1F. The summed E-state index contributed by atoms with van der Waals surface area (Å²) >= 11 is 0. The third kappa shape index (κ3) is 2.94. The number of pyridine rings is 1. The van der Waals surface area contributed by atoms with Crippen LogP contribution >= 0.6 is 0 Å². The number of benzene rings is 1. The lowest BCUT2D eigenvalue weighted by molar-refractivity contribution is -0.0498. The van der Waals surface area contributed by atoms with Gasteiger partial charge in [-0.05, 0) is 18.2 Å². The minimum atomic E-state index is -3.15. The molecule has 0 aliphatic carbocycles. The van der Waals surface area contributed by atoms with Crippen LogP contribution in [0.15, 0.2) is 23.0 Å². The first-order valence-corrected chi connectivity index (χ1v) is 5.99. The number of anilines is 1. The van der Waals surface area contributed by atoms with E-state index in [-0.39, 0.29) is 16.9 Å². The largest absolute Gasteiger partial charge is 0.435 e. The summed E-state index contributed by atoms with van der Waals surface area (Å²) < 4.78 is 42.8. The molecule has 23 heavy (non-hydrogen) atoms. The monoisotopic (exact) mass is 320 g/mol. The Morgan fingerprint density at radius 3 is 2.43 bits per heavy atom. The number of hydrogen-bond donors (Lipinski definition) is 2. The van der Waals surface area contributed by atoms with E-state index in [9.17, 15) is 18.0 Å². The summed E-state index contributed by atoms with van der Waals surface area (Å²) in [5.74, 6) is -1.71. The zero-order valence-electron chi connectivity index (χ0n) is 11.2. The number of alkyl halides is 2. The molecular weight excluding hydrogens is 313 g/mol. The standard InChI is InChI=1S/C14H7F3N4O2/c15-10-2-1-6(23-14(16)17)3-7(10)11-8(4-18)12(20)21-13(22)9(11)5-19/h1-3,14H,(H3,20,21,22). The van der Waals surface area contributed by atoms with Gasteiger partial charge in [0.2, 0.25) is 0 Å². The fourth-order valence-corrected chi connectivity index (χ4v) is 1.98. The van der Waals surface area contributed by atoms with Gasteiger partial charge in [-0.1, -0.05) is 0 Å². The van der Waals surface area contributed by atoms with Crippen LogP contribution in [0.2, 0.25) is 0 Å². The molecule has 2 rings (SSSR count). The van der Waals surface area contributed by atoms with Crippen LogP contribution in [0, 0.1) is 28.5 Å². The van der Waals surface area contributed by atoms with Gasteiger partial charge < -0.3 is 15.5 Å². The highest BCUT2D eigenvalue weighted by Gasteiger charge is 2.21. The first-order chi connectivity index (χ1) is 10.9. The molecule has 0 amide bonds. The summed E-state index contributed by atoms with van der Waals surface area (Å²) in [5, 5.41) is 18.2. The first-order valence-electron chi connectivity index (χ1n) is 5.99. The molecule has 1 heterocycles. The Labute approximate surface area is 127 Å². The van der Waals surface area contributed by atoms with Crippen LogP contribution in [0.5, 0.6) is 5.75 Å². The normalized spacial score (nSPS) is 10.2. The van der Waals surface area contributed by atoms with Crippen molar-refractivity contribution >= 4 is 5.82 Å². The Balaban J connectivity index is 2.84. The quantitative estimate of drug-likeness (QED) is 0.898. The predicted octanol–water partition coefficient (Wildman–Crippen LogP) is 2.11. The molecule has 2 aromatic rings. The van der Waals surface area contributed by atoms with Crippen molar-refractivity contribution in [2.24, 2.45) is 0 Å². The number of ether oxygens (including phenoxy) is 1. The number of nitrogen functional groups attached to an aromatic ring is 1. The van der Waals surface area contributed by atoms with Crippen molar-refractivity contribution in [2.75, 3.05) is 5.73 Å². The molecule has 1 aromatic heterocycles. The molecule has 0 aliphatic heterocycles. The van der Waals surface area contributed by atoms with E-state index >= 15 is 0 Å². The molecule has 0 spiro atoms. The van der Waals surface area contributed by atoms with Crippen LogP contribution in [0.1, 0.15) is 11.1 Å². The van der Waals surface area contributed by atoms with Crippen LogP contribution in [0.25, 0.3) is 11.1 Å². The molecule has 6 nitrogen and oxygen atoms in total.